The van der Waals surface area contributed by atoms with Crippen molar-refractivity contribution in [3.8, 4) is 56.4 Å². The molecule has 1 aromatic heterocycles. The molecule has 46 heavy (non-hydrogen) atoms. The molecule has 1 aliphatic carbocycles. The second-order valence-corrected chi connectivity index (χ2v) is 13.3. The van der Waals surface area contributed by atoms with Crippen LogP contribution in [0.25, 0.3) is 67.2 Å². The molecule has 0 atom stereocenters. The first-order chi connectivity index (χ1) is 22.3. The zero-order valence-electron chi connectivity index (χ0n) is 26.6. The molecule has 0 saturated carbocycles. The van der Waals surface area contributed by atoms with Gasteiger partial charge in [-0.1, -0.05) is 161 Å². The van der Waals surface area contributed by atoms with E-state index in [1.165, 1.54) is 38.8 Å². The molecule has 0 aliphatic heterocycles. The second-order valence-electron chi connectivity index (χ2n) is 13.3. The van der Waals surface area contributed by atoms with Crippen molar-refractivity contribution in [3.63, 3.8) is 0 Å². The van der Waals surface area contributed by atoms with E-state index >= 15 is 0 Å². The largest absolute Gasteiger partial charge is 0.208 e. The molecule has 0 amide bonds. The third-order valence-electron chi connectivity index (χ3n) is 10.3. The maximum absolute atomic E-state index is 5.07. The van der Waals surface area contributed by atoms with Gasteiger partial charge in [0.15, 0.2) is 17.5 Å². The lowest BCUT2D eigenvalue weighted by Crippen LogP contribution is -2.43. The summed E-state index contributed by atoms with van der Waals surface area (Å²) in [4.78, 5) is 15.1. The van der Waals surface area contributed by atoms with Crippen LogP contribution >= 0.6 is 0 Å². The predicted molar refractivity (Wildman–Crippen MR) is 191 cm³/mol. The Morgan fingerprint density at radius 1 is 0.348 bits per heavy atom. The van der Waals surface area contributed by atoms with Crippen LogP contribution in [0.1, 0.15) is 38.8 Å². The lowest BCUT2D eigenvalue weighted by Gasteiger charge is -2.49. The number of hydrogen-bond acceptors (Lipinski definition) is 3. The van der Waals surface area contributed by atoms with E-state index in [-0.39, 0.29) is 10.8 Å². The molecule has 3 heteroatoms. The summed E-state index contributed by atoms with van der Waals surface area (Å²) in [5, 5.41) is 2.30. The monoisotopic (exact) mass is 593 g/mol. The van der Waals surface area contributed by atoms with Gasteiger partial charge < -0.3 is 0 Å². The lowest BCUT2D eigenvalue weighted by atomic mass is 9.54. The Morgan fingerprint density at radius 3 is 1.43 bits per heavy atom. The lowest BCUT2D eigenvalue weighted by molar-refractivity contribution is 0.300. The molecule has 3 nitrogen and oxygen atoms in total. The summed E-state index contributed by atoms with van der Waals surface area (Å²) < 4.78 is 0. The number of nitrogens with zero attached hydrogens (tertiary/aromatic N) is 3. The van der Waals surface area contributed by atoms with Crippen LogP contribution in [-0.2, 0) is 10.8 Å². The third-order valence-corrected chi connectivity index (χ3v) is 10.3. The summed E-state index contributed by atoms with van der Waals surface area (Å²) in [7, 11) is 0. The van der Waals surface area contributed by atoms with E-state index < -0.39 is 0 Å². The summed E-state index contributed by atoms with van der Waals surface area (Å²) in [5.74, 6) is 2.00. The Morgan fingerprint density at radius 2 is 0.804 bits per heavy atom. The van der Waals surface area contributed by atoms with Gasteiger partial charge in [0.1, 0.15) is 0 Å². The Kier molecular flexibility index (Phi) is 6.47. The van der Waals surface area contributed by atoms with Crippen LogP contribution in [0, 0.1) is 0 Å². The topological polar surface area (TPSA) is 38.7 Å². The van der Waals surface area contributed by atoms with Gasteiger partial charge in [0.25, 0.3) is 0 Å². The maximum Gasteiger partial charge on any atom is 0.164 e. The van der Waals surface area contributed by atoms with E-state index in [1.807, 2.05) is 36.4 Å². The fourth-order valence-electron chi connectivity index (χ4n) is 7.24. The summed E-state index contributed by atoms with van der Waals surface area (Å²) >= 11 is 0. The molecule has 0 saturated heterocycles. The molecule has 7 aromatic rings. The van der Waals surface area contributed by atoms with Crippen molar-refractivity contribution in [2.24, 2.45) is 0 Å². The van der Waals surface area contributed by atoms with Crippen molar-refractivity contribution < 1.29 is 0 Å². The number of fused-ring (bicyclic) bond motifs is 4. The zero-order valence-corrected chi connectivity index (χ0v) is 26.6. The van der Waals surface area contributed by atoms with Crippen molar-refractivity contribution in [1.82, 2.24) is 15.0 Å². The van der Waals surface area contributed by atoms with E-state index in [2.05, 4.69) is 131 Å². The maximum atomic E-state index is 5.07. The van der Waals surface area contributed by atoms with E-state index in [0.717, 1.165) is 22.1 Å². The standard InChI is InChI=1S/C43H35N3/c1-42(2)37-25-14-13-22-33(37)35-24-15-23-34(38(35)43(42,3)4)32-26-27-36(31-21-12-11-20-30(31)32)41-45-39(28-16-7-5-8-17-28)44-40(46-41)29-18-9-6-10-19-29/h5-27H,1-4H3. The molecule has 1 heterocycles. The highest BCUT2D eigenvalue weighted by molar-refractivity contribution is 6.05. The average Bonchev–Trinajstić information content (AvgIpc) is 3.11. The smallest absolute Gasteiger partial charge is 0.164 e. The van der Waals surface area contributed by atoms with Crippen LogP contribution < -0.4 is 0 Å². The first kappa shape index (κ1) is 28.1. The van der Waals surface area contributed by atoms with Crippen molar-refractivity contribution in [1.29, 1.82) is 0 Å². The van der Waals surface area contributed by atoms with Crippen LogP contribution in [0.15, 0.2) is 140 Å². The molecular formula is C43H35N3. The van der Waals surface area contributed by atoms with Crippen LogP contribution in [0.4, 0.5) is 0 Å². The second kappa shape index (κ2) is 10.6. The summed E-state index contributed by atoms with van der Waals surface area (Å²) in [6.45, 7) is 9.59. The highest BCUT2D eigenvalue weighted by Gasteiger charge is 2.47. The number of hydrogen-bond donors (Lipinski definition) is 0. The fourth-order valence-corrected chi connectivity index (χ4v) is 7.24. The Balaban J connectivity index is 1.37. The predicted octanol–water partition coefficient (Wildman–Crippen LogP) is 10.9. The minimum atomic E-state index is -0.115. The first-order valence-corrected chi connectivity index (χ1v) is 16.0. The summed E-state index contributed by atoms with van der Waals surface area (Å²) in [6, 6.07) is 49.2. The molecule has 8 rings (SSSR count). The van der Waals surface area contributed by atoms with Crippen molar-refractivity contribution in [2.75, 3.05) is 0 Å². The normalized spacial score (nSPS) is 14.4. The highest BCUT2D eigenvalue weighted by atomic mass is 15.0. The average molecular weight is 594 g/mol. The molecule has 0 N–H and O–H groups in total. The van der Waals surface area contributed by atoms with E-state index in [9.17, 15) is 0 Å². The van der Waals surface area contributed by atoms with Gasteiger partial charge in [-0.2, -0.15) is 0 Å². The molecule has 0 radical (unpaired) electrons. The van der Waals surface area contributed by atoms with Gasteiger partial charge >= 0.3 is 0 Å². The Labute approximate surface area is 270 Å². The zero-order chi connectivity index (χ0) is 31.5. The SMILES string of the molecule is CC1(C)c2ccccc2-c2cccc(-c3ccc(-c4nc(-c5ccccc5)nc(-c5ccccc5)n4)c4ccccc34)c2C1(C)C. The Hall–Kier alpha value is -5.41. The van der Waals surface area contributed by atoms with Crippen LogP contribution in [0.3, 0.4) is 0 Å². The molecule has 6 aromatic carbocycles. The minimum Gasteiger partial charge on any atom is -0.208 e. The van der Waals surface area contributed by atoms with Gasteiger partial charge in [0.2, 0.25) is 0 Å². The van der Waals surface area contributed by atoms with E-state index in [0.29, 0.717) is 17.5 Å². The molecule has 0 unspecified atom stereocenters. The van der Waals surface area contributed by atoms with Crippen molar-refractivity contribution in [3.05, 3.63) is 151 Å². The van der Waals surface area contributed by atoms with Crippen LogP contribution in [0.5, 0.6) is 0 Å². The molecule has 1 aliphatic rings. The molecule has 0 bridgehead atoms. The van der Waals surface area contributed by atoms with Gasteiger partial charge in [0, 0.05) is 22.1 Å². The summed E-state index contributed by atoms with van der Waals surface area (Å²) in [5.41, 5.74) is 10.7. The highest BCUT2D eigenvalue weighted by Crippen LogP contribution is 2.56. The number of benzene rings is 6. The minimum absolute atomic E-state index is 0.0605. The molecule has 0 spiro atoms. The van der Waals surface area contributed by atoms with Crippen LogP contribution in [0.2, 0.25) is 0 Å². The third kappa shape index (κ3) is 4.30. The quantitative estimate of drug-likeness (QED) is 0.204. The first-order valence-electron chi connectivity index (χ1n) is 16.0. The van der Waals surface area contributed by atoms with Crippen molar-refractivity contribution in [2.45, 2.75) is 38.5 Å². The molecule has 0 fully saturated rings. The Bertz CT molecular complexity index is 2190. The molecule has 222 valence electrons. The van der Waals surface area contributed by atoms with Gasteiger partial charge in [0.05, 0.1) is 0 Å². The van der Waals surface area contributed by atoms with E-state index in [4.69, 9.17) is 15.0 Å². The molecular weight excluding hydrogens is 558 g/mol. The van der Waals surface area contributed by atoms with Gasteiger partial charge in [-0.05, 0) is 55.6 Å². The van der Waals surface area contributed by atoms with Gasteiger partial charge in [-0.25, -0.2) is 15.0 Å². The number of aromatic nitrogens is 3. The fraction of sp³-hybridized carbons (Fsp3) is 0.140. The summed E-state index contributed by atoms with van der Waals surface area (Å²) in [6.07, 6.45) is 0. The van der Waals surface area contributed by atoms with E-state index in [1.54, 1.807) is 0 Å². The van der Waals surface area contributed by atoms with Crippen LogP contribution in [-0.4, -0.2) is 15.0 Å². The van der Waals surface area contributed by atoms with Gasteiger partial charge in [-0.15, -0.1) is 0 Å². The van der Waals surface area contributed by atoms with Crippen molar-refractivity contribution >= 4 is 10.8 Å². The number of rotatable bonds is 4. The van der Waals surface area contributed by atoms with Gasteiger partial charge in [-0.3, -0.25) is 0 Å².